The summed E-state index contributed by atoms with van der Waals surface area (Å²) in [6.07, 6.45) is 1.28. The lowest BCUT2D eigenvalue weighted by molar-refractivity contribution is 0.217. The van der Waals surface area contributed by atoms with Crippen molar-refractivity contribution in [1.82, 2.24) is 9.62 Å². The van der Waals surface area contributed by atoms with Gasteiger partial charge in [0.05, 0.1) is 0 Å². The molecule has 0 spiro atoms. The molecule has 5 nitrogen and oxygen atoms in total. The van der Waals surface area contributed by atoms with Gasteiger partial charge in [-0.15, -0.1) is 0 Å². The number of nitrogens with one attached hydrogen (secondary N) is 1. The minimum atomic E-state index is -4.12. The number of sulfonamides is 1. The van der Waals surface area contributed by atoms with Crippen LogP contribution in [0.3, 0.4) is 0 Å². The van der Waals surface area contributed by atoms with E-state index in [0.29, 0.717) is 12.8 Å². The third-order valence-corrected chi connectivity index (χ3v) is 5.18. The number of hydrogen-bond acceptors (Lipinski definition) is 4. The fraction of sp³-hybridized carbons (Fsp3) is 0.538. The van der Waals surface area contributed by atoms with Crippen LogP contribution >= 0.6 is 0 Å². The maximum atomic E-state index is 13.7. The first-order valence-corrected chi connectivity index (χ1v) is 8.31. The van der Waals surface area contributed by atoms with E-state index in [1.807, 2.05) is 6.92 Å². The number of anilines is 1. The molecule has 0 unspecified atom stereocenters. The Kier molecular flexibility index (Phi) is 4.80. The summed E-state index contributed by atoms with van der Waals surface area (Å²) in [6.45, 7) is 4.50. The molecule has 8 heteroatoms. The van der Waals surface area contributed by atoms with Gasteiger partial charge in [-0.25, -0.2) is 21.9 Å². The number of likely N-dealkylation sites (tertiary alicyclic amines) is 1. The smallest absolute Gasteiger partial charge is 0.243 e. The van der Waals surface area contributed by atoms with Gasteiger partial charge in [0.2, 0.25) is 10.0 Å². The molecule has 1 aliphatic rings. The molecule has 0 aliphatic carbocycles. The molecule has 1 aromatic carbocycles. The van der Waals surface area contributed by atoms with E-state index in [4.69, 9.17) is 5.73 Å². The number of nitrogens with zero attached hydrogens (tertiary/aromatic N) is 1. The van der Waals surface area contributed by atoms with Gasteiger partial charge < -0.3 is 10.6 Å². The number of hydrogen-bond donors (Lipinski definition) is 2. The Morgan fingerprint density at radius 3 is 2.52 bits per heavy atom. The van der Waals surface area contributed by atoms with Crippen molar-refractivity contribution in [2.45, 2.75) is 30.7 Å². The molecule has 21 heavy (non-hydrogen) atoms. The van der Waals surface area contributed by atoms with Gasteiger partial charge in [-0.1, -0.05) is 6.92 Å². The highest BCUT2D eigenvalue weighted by atomic mass is 32.2. The lowest BCUT2D eigenvalue weighted by Gasteiger charge is -2.31. The van der Waals surface area contributed by atoms with Gasteiger partial charge in [0.25, 0.3) is 0 Å². The molecule has 2 rings (SSSR count). The summed E-state index contributed by atoms with van der Waals surface area (Å²) in [5, 5.41) is 0. The monoisotopic (exact) mass is 319 g/mol. The zero-order chi connectivity index (χ0) is 15.6. The third kappa shape index (κ3) is 3.69. The van der Waals surface area contributed by atoms with Crippen LogP contribution in [0.25, 0.3) is 0 Å². The third-order valence-electron chi connectivity index (χ3n) is 3.66. The number of nitrogens with two attached hydrogens (primary N) is 1. The maximum Gasteiger partial charge on any atom is 0.243 e. The molecule has 0 radical (unpaired) electrons. The number of rotatable bonds is 4. The van der Waals surface area contributed by atoms with Gasteiger partial charge >= 0.3 is 0 Å². The number of benzene rings is 1. The Bertz CT molecular complexity index is 614. The Morgan fingerprint density at radius 2 is 1.95 bits per heavy atom. The van der Waals surface area contributed by atoms with Gasteiger partial charge in [-0.2, -0.15) is 0 Å². The molecule has 0 atom stereocenters. The van der Waals surface area contributed by atoms with E-state index in [9.17, 15) is 17.2 Å². The van der Waals surface area contributed by atoms with E-state index in [-0.39, 0.29) is 11.7 Å². The highest BCUT2D eigenvalue weighted by molar-refractivity contribution is 7.89. The summed E-state index contributed by atoms with van der Waals surface area (Å²) < 4.78 is 53.8. The molecule has 3 N–H and O–H groups in total. The summed E-state index contributed by atoms with van der Waals surface area (Å²) in [4.78, 5) is 1.46. The van der Waals surface area contributed by atoms with Crippen LogP contribution in [0.2, 0.25) is 0 Å². The van der Waals surface area contributed by atoms with Crippen LogP contribution in [0.5, 0.6) is 0 Å². The van der Waals surface area contributed by atoms with E-state index in [1.54, 1.807) is 0 Å². The SMILES string of the molecule is CCN1CCC(NS(=O)(=O)c2cc(N)cc(F)c2F)CC1. The van der Waals surface area contributed by atoms with E-state index in [1.165, 1.54) is 0 Å². The van der Waals surface area contributed by atoms with Crippen LogP contribution in [-0.4, -0.2) is 39.0 Å². The number of nitrogen functional groups attached to an aromatic ring is 1. The molecule has 0 bridgehead atoms. The van der Waals surface area contributed by atoms with Crippen molar-refractivity contribution in [2.75, 3.05) is 25.4 Å². The summed E-state index contributed by atoms with van der Waals surface area (Å²) in [6, 6.07) is 1.41. The average Bonchev–Trinajstić information content (AvgIpc) is 2.43. The summed E-state index contributed by atoms with van der Waals surface area (Å²) in [7, 11) is -4.12. The largest absolute Gasteiger partial charge is 0.399 e. The van der Waals surface area contributed by atoms with Crippen molar-refractivity contribution >= 4 is 15.7 Å². The average molecular weight is 319 g/mol. The first-order chi connectivity index (χ1) is 9.83. The predicted molar refractivity (Wildman–Crippen MR) is 76.2 cm³/mol. The van der Waals surface area contributed by atoms with E-state index < -0.39 is 26.6 Å². The predicted octanol–water partition coefficient (Wildman–Crippen LogP) is 1.31. The summed E-state index contributed by atoms with van der Waals surface area (Å²) in [5.74, 6) is -2.67. The minimum absolute atomic E-state index is 0.130. The van der Waals surface area contributed by atoms with Gasteiger partial charge in [-0.3, -0.25) is 0 Å². The fourth-order valence-corrected chi connectivity index (χ4v) is 3.86. The lowest BCUT2D eigenvalue weighted by atomic mass is 10.1. The van der Waals surface area contributed by atoms with Crippen LogP contribution in [0.15, 0.2) is 17.0 Å². The Morgan fingerprint density at radius 1 is 1.33 bits per heavy atom. The molecule has 0 aromatic heterocycles. The standard InChI is InChI=1S/C13H19F2N3O2S/c1-2-18-5-3-10(4-6-18)17-21(19,20)12-8-9(16)7-11(14)13(12)15/h7-8,10,17H,2-6,16H2,1H3. The van der Waals surface area contributed by atoms with E-state index >= 15 is 0 Å². The van der Waals surface area contributed by atoms with Crippen LogP contribution in [-0.2, 0) is 10.0 Å². The highest BCUT2D eigenvalue weighted by Crippen LogP contribution is 2.22. The second-order valence-electron chi connectivity index (χ2n) is 5.14. The molecule has 1 aliphatic heterocycles. The number of halogens is 2. The second-order valence-corrected chi connectivity index (χ2v) is 6.83. The van der Waals surface area contributed by atoms with Crippen molar-refractivity contribution in [3.8, 4) is 0 Å². The van der Waals surface area contributed by atoms with Crippen LogP contribution in [0.1, 0.15) is 19.8 Å². The van der Waals surface area contributed by atoms with E-state index in [2.05, 4.69) is 9.62 Å². The number of piperidine rings is 1. The van der Waals surface area contributed by atoms with Gasteiger partial charge in [0, 0.05) is 11.7 Å². The van der Waals surface area contributed by atoms with Crippen LogP contribution in [0.4, 0.5) is 14.5 Å². The molecule has 0 amide bonds. The summed E-state index contributed by atoms with van der Waals surface area (Å²) >= 11 is 0. The Balaban J connectivity index is 2.16. The normalized spacial score (nSPS) is 18.0. The highest BCUT2D eigenvalue weighted by Gasteiger charge is 2.27. The topological polar surface area (TPSA) is 75.4 Å². The Labute approximate surface area is 123 Å². The summed E-state index contributed by atoms with van der Waals surface area (Å²) in [5.41, 5.74) is 5.26. The maximum absolute atomic E-state index is 13.7. The van der Waals surface area contributed by atoms with Gasteiger partial charge in [0.15, 0.2) is 11.6 Å². The molecule has 1 heterocycles. The van der Waals surface area contributed by atoms with Gasteiger partial charge in [-0.05, 0) is 44.6 Å². The molecular weight excluding hydrogens is 300 g/mol. The molecule has 1 aromatic rings. The van der Waals surface area contributed by atoms with Crippen molar-refractivity contribution in [2.24, 2.45) is 0 Å². The second kappa shape index (κ2) is 6.25. The zero-order valence-corrected chi connectivity index (χ0v) is 12.6. The first kappa shape index (κ1) is 16.1. The van der Waals surface area contributed by atoms with Crippen molar-refractivity contribution in [3.05, 3.63) is 23.8 Å². The molecule has 0 saturated carbocycles. The van der Waals surface area contributed by atoms with Crippen molar-refractivity contribution in [3.63, 3.8) is 0 Å². The first-order valence-electron chi connectivity index (χ1n) is 6.82. The molecular formula is C13H19F2N3O2S. The van der Waals surface area contributed by atoms with Gasteiger partial charge in [0.1, 0.15) is 4.90 Å². The molecule has 1 saturated heterocycles. The van der Waals surface area contributed by atoms with Crippen molar-refractivity contribution in [1.29, 1.82) is 0 Å². The lowest BCUT2D eigenvalue weighted by Crippen LogP contribution is -2.44. The zero-order valence-electron chi connectivity index (χ0n) is 11.8. The fourth-order valence-electron chi connectivity index (χ4n) is 2.43. The van der Waals surface area contributed by atoms with Crippen LogP contribution in [0, 0.1) is 11.6 Å². The quantitative estimate of drug-likeness (QED) is 0.821. The van der Waals surface area contributed by atoms with E-state index in [0.717, 1.165) is 31.8 Å². The minimum Gasteiger partial charge on any atom is -0.399 e. The van der Waals surface area contributed by atoms with Crippen LogP contribution < -0.4 is 10.5 Å². The molecule has 1 fully saturated rings. The van der Waals surface area contributed by atoms with Crippen molar-refractivity contribution < 1.29 is 17.2 Å². The Hall–Kier alpha value is -1.25. The molecule has 118 valence electrons.